The van der Waals surface area contributed by atoms with Crippen LogP contribution in [0.15, 0.2) is 36.8 Å². The Bertz CT molecular complexity index is 416. The highest BCUT2D eigenvalue weighted by Gasteiger charge is 2.08. The number of hydrogen-bond donors (Lipinski definition) is 0. The zero-order valence-corrected chi connectivity index (χ0v) is 7.94. The van der Waals surface area contributed by atoms with E-state index in [1.165, 1.54) is 10.9 Å². The summed E-state index contributed by atoms with van der Waals surface area (Å²) in [5, 5.41) is 1.19. The Hall–Kier alpha value is -1.44. The third-order valence-electron chi connectivity index (χ3n) is 2.18. The molecule has 0 aliphatic rings. The summed E-state index contributed by atoms with van der Waals surface area (Å²) in [4.78, 5) is 4.20. The minimum atomic E-state index is 0.457. The molecule has 0 radical (unpaired) electrons. The van der Waals surface area contributed by atoms with Crippen LogP contribution in [0.5, 0.6) is 0 Å². The number of benzene rings is 1. The number of rotatable bonds is 1. The van der Waals surface area contributed by atoms with Crippen molar-refractivity contribution in [1.82, 2.24) is 4.98 Å². The Kier molecular flexibility index (Phi) is 1.97. The Morgan fingerprint density at radius 2 is 2.00 bits per heavy atom. The summed E-state index contributed by atoms with van der Waals surface area (Å²) in [5.41, 5.74) is 1.24. The maximum atomic E-state index is 4.20. The summed E-state index contributed by atoms with van der Waals surface area (Å²) >= 11 is 0. The van der Waals surface area contributed by atoms with E-state index in [0.717, 1.165) is 0 Å². The molecule has 0 amide bonds. The summed E-state index contributed by atoms with van der Waals surface area (Å²) in [7, 11) is 0. The van der Waals surface area contributed by atoms with Gasteiger partial charge in [0.2, 0.25) is 0 Å². The maximum Gasteiger partial charge on any atom is 0.286 e. The van der Waals surface area contributed by atoms with Crippen molar-refractivity contribution in [2.24, 2.45) is 0 Å². The predicted octanol–water partition coefficient (Wildman–Crippen LogP) is 2.10. The molecule has 1 aromatic heterocycles. The standard InChI is InChI=1S/C11H13N2/c1-9(2)13-8-12-7-10-5-3-4-6-11(10)13/h3-9H,1-2H3/q+1. The smallest absolute Gasteiger partial charge is 0.228 e. The molecule has 0 unspecified atom stereocenters. The van der Waals surface area contributed by atoms with Gasteiger partial charge in [0.1, 0.15) is 5.52 Å². The molecular weight excluding hydrogens is 160 g/mol. The van der Waals surface area contributed by atoms with Gasteiger partial charge in [-0.25, -0.2) is 4.57 Å². The molecule has 13 heavy (non-hydrogen) atoms. The normalized spacial score (nSPS) is 11.0. The van der Waals surface area contributed by atoms with E-state index in [1.54, 1.807) is 0 Å². The summed E-state index contributed by atoms with van der Waals surface area (Å²) in [6.07, 6.45) is 3.78. The first-order valence-corrected chi connectivity index (χ1v) is 4.53. The summed E-state index contributed by atoms with van der Waals surface area (Å²) in [6, 6.07) is 8.76. The second kappa shape index (κ2) is 3.13. The van der Waals surface area contributed by atoms with Crippen LogP contribution in [0.2, 0.25) is 0 Å². The van der Waals surface area contributed by atoms with Crippen LogP contribution < -0.4 is 4.57 Å². The molecule has 1 heterocycles. The topological polar surface area (TPSA) is 16.8 Å². The highest BCUT2D eigenvalue weighted by Crippen LogP contribution is 2.08. The highest BCUT2D eigenvalue weighted by molar-refractivity contribution is 5.74. The van der Waals surface area contributed by atoms with Gasteiger partial charge in [0.15, 0.2) is 6.20 Å². The van der Waals surface area contributed by atoms with Gasteiger partial charge in [0, 0.05) is 0 Å². The van der Waals surface area contributed by atoms with Crippen molar-refractivity contribution in [1.29, 1.82) is 0 Å². The molecule has 66 valence electrons. The van der Waals surface area contributed by atoms with Crippen LogP contribution in [0.25, 0.3) is 10.9 Å². The number of nitrogens with zero attached hydrogens (tertiary/aromatic N) is 2. The predicted molar refractivity (Wildman–Crippen MR) is 52.3 cm³/mol. The molecule has 2 nitrogen and oxygen atoms in total. The Morgan fingerprint density at radius 1 is 1.23 bits per heavy atom. The second-order valence-corrected chi connectivity index (χ2v) is 3.45. The third kappa shape index (κ3) is 1.39. The lowest BCUT2D eigenvalue weighted by molar-refractivity contribution is -0.694. The second-order valence-electron chi connectivity index (χ2n) is 3.45. The van der Waals surface area contributed by atoms with Gasteiger partial charge in [-0.1, -0.05) is 17.1 Å². The molecule has 0 spiro atoms. The lowest BCUT2D eigenvalue weighted by Crippen LogP contribution is -2.37. The average Bonchev–Trinajstić information content (AvgIpc) is 2.17. The third-order valence-corrected chi connectivity index (χ3v) is 2.18. The monoisotopic (exact) mass is 173 g/mol. The van der Waals surface area contributed by atoms with Gasteiger partial charge < -0.3 is 0 Å². The lowest BCUT2D eigenvalue weighted by atomic mass is 10.2. The molecule has 0 bridgehead atoms. The van der Waals surface area contributed by atoms with Crippen LogP contribution in [0, 0.1) is 0 Å². The fraction of sp³-hybridized carbons (Fsp3) is 0.273. The van der Waals surface area contributed by atoms with Crippen LogP contribution in [0.1, 0.15) is 19.9 Å². The fourth-order valence-electron chi connectivity index (χ4n) is 1.49. The zero-order chi connectivity index (χ0) is 9.26. The van der Waals surface area contributed by atoms with Gasteiger partial charge in [-0.3, -0.25) is 0 Å². The van der Waals surface area contributed by atoms with Crippen molar-refractivity contribution in [2.45, 2.75) is 19.9 Å². The van der Waals surface area contributed by atoms with E-state index < -0.39 is 0 Å². The minimum absolute atomic E-state index is 0.457. The number of aromatic nitrogens is 2. The average molecular weight is 173 g/mol. The molecule has 0 N–H and O–H groups in total. The summed E-state index contributed by atoms with van der Waals surface area (Å²) < 4.78 is 2.18. The van der Waals surface area contributed by atoms with E-state index >= 15 is 0 Å². The number of hydrogen-bond acceptors (Lipinski definition) is 1. The quantitative estimate of drug-likeness (QED) is 0.603. The van der Waals surface area contributed by atoms with E-state index in [-0.39, 0.29) is 0 Å². The molecular formula is C11H13N2+. The molecule has 0 fully saturated rings. The van der Waals surface area contributed by atoms with Crippen molar-refractivity contribution in [3.8, 4) is 0 Å². The number of fused-ring (bicyclic) bond motifs is 1. The lowest BCUT2D eigenvalue weighted by Gasteiger charge is -2.05. The summed E-state index contributed by atoms with van der Waals surface area (Å²) in [6.45, 7) is 4.32. The van der Waals surface area contributed by atoms with Gasteiger partial charge in [-0.15, -0.1) is 0 Å². The SMILES string of the molecule is CC(C)[n+]1cncc2ccccc21. The van der Waals surface area contributed by atoms with E-state index in [1.807, 2.05) is 18.6 Å². The minimum Gasteiger partial charge on any atom is -0.228 e. The highest BCUT2D eigenvalue weighted by atomic mass is 15.0. The first kappa shape index (κ1) is 8.17. The van der Waals surface area contributed by atoms with Crippen LogP contribution in [0.4, 0.5) is 0 Å². The summed E-state index contributed by atoms with van der Waals surface area (Å²) in [5.74, 6) is 0. The van der Waals surface area contributed by atoms with Gasteiger partial charge in [-0.05, 0) is 26.0 Å². The Morgan fingerprint density at radius 3 is 2.77 bits per heavy atom. The Balaban J connectivity index is 2.76. The van der Waals surface area contributed by atoms with Gasteiger partial charge in [-0.2, -0.15) is 0 Å². The van der Waals surface area contributed by atoms with Crippen molar-refractivity contribution in [2.75, 3.05) is 0 Å². The van der Waals surface area contributed by atoms with Crippen LogP contribution in [0.3, 0.4) is 0 Å². The molecule has 0 saturated carbocycles. The van der Waals surface area contributed by atoms with Crippen molar-refractivity contribution in [3.63, 3.8) is 0 Å². The first-order chi connectivity index (χ1) is 6.29. The van der Waals surface area contributed by atoms with Crippen molar-refractivity contribution in [3.05, 3.63) is 36.8 Å². The molecule has 2 heteroatoms. The molecule has 0 atom stereocenters. The molecule has 0 aliphatic heterocycles. The van der Waals surface area contributed by atoms with Gasteiger partial charge in [0.25, 0.3) is 6.33 Å². The van der Waals surface area contributed by atoms with Crippen LogP contribution in [-0.2, 0) is 0 Å². The largest absolute Gasteiger partial charge is 0.286 e. The van der Waals surface area contributed by atoms with Crippen LogP contribution >= 0.6 is 0 Å². The van der Waals surface area contributed by atoms with Gasteiger partial charge >= 0.3 is 0 Å². The first-order valence-electron chi connectivity index (χ1n) is 4.53. The van der Waals surface area contributed by atoms with E-state index in [2.05, 4.69) is 41.6 Å². The Labute approximate surface area is 77.9 Å². The van der Waals surface area contributed by atoms with E-state index in [0.29, 0.717) is 6.04 Å². The van der Waals surface area contributed by atoms with Crippen LogP contribution in [-0.4, -0.2) is 4.98 Å². The molecule has 2 aromatic rings. The molecule has 0 saturated heterocycles. The van der Waals surface area contributed by atoms with Crippen molar-refractivity contribution < 1.29 is 4.57 Å². The molecule has 2 rings (SSSR count). The van der Waals surface area contributed by atoms with E-state index in [4.69, 9.17) is 0 Å². The van der Waals surface area contributed by atoms with Gasteiger partial charge in [0.05, 0.1) is 11.4 Å². The fourth-order valence-corrected chi connectivity index (χ4v) is 1.49. The van der Waals surface area contributed by atoms with Crippen molar-refractivity contribution >= 4 is 10.9 Å². The van der Waals surface area contributed by atoms with E-state index in [9.17, 15) is 0 Å². The molecule has 0 aliphatic carbocycles. The number of para-hydroxylation sites is 1. The maximum absolute atomic E-state index is 4.20. The zero-order valence-electron chi connectivity index (χ0n) is 7.94. The molecule has 1 aromatic carbocycles.